The number of allylic oxidation sites excluding steroid dienone is 1. The third kappa shape index (κ3) is 6.58. The van der Waals surface area contributed by atoms with Gasteiger partial charge >= 0.3 is 12.0 Å². The largest absolute Gasteiger partial charge is 0.462 e. The second-order valence-corrected chi connectivity index (χ2v) is 8.18. The van der Waals surface area contributed by atoms with E-state index in [9.17, 15) is 14.4 Å². The first-order valence-electron chi connectivity index (χ1n) is 11.7. The van der Waals surface area contributed by atoms with Crippen molar-refractivity contribution in [3.05, 3.63) is 102 Å². The molecule has 0 unspecified atom stereocenters. The van der Waals surface area contributed by atoms with Gasteiger partial charge in [-0.3, -0.25) is 9.78 Å². The molecule has 8 heteroatoms. The van der Waals surface area contributed by atoms with Gasteiger partial charge in [-0.15, -0.1) is 0 Å². The molecular weight excluding hydrogens is 468 g/mol. The molecule has 0 aliphatic carbocycles. The fourth-order valence-electron chi connectivity index (χ4n) is 3.72. The van der Waals surface area contributed by atoms with Gasteiger partial charge in [-0.05, 0) is 72.2 Å². The highest BCUT2D eigenvalue weighted by molar-refractivity contribution is 6.09. The number of anilines is 3. The van der Waals surface area contributed by atoms with Crippen molar-refractivity contribution in [2.75, 3.05) is 22.6 Å². The summed E-state index contributed by atoms with van der Waals surface area (Å²) in [6.07, 6.45) is 4.59. The second kappa shape index (κ2) is 11.6. The zero-order valence-corrected chi connectivity index (χ0v) is 20.4. The first-order chi connectivity index (χ1) is 17.9. The summed E-state index contributed by atoms with van der Waals surface area (Å²) in [6, 6.07) is 21.5. The van der Waals surface area contributed by atoms with E-state index in [-0.39, 0.29) is 17.9 Å². The van der Waals surface area contributed by atoms with Gasteiger partial charge in [0, 0.05) is 18.0 Å². The summed E-state index contributed by atoms with van der Waals surface area (Å²) in [5.41, 5.74) is 2.94. The van der Waals surface area contributed by atoms with Crippen molar-refractivity contribution >= 4 is 51.3 Å². The number of benzene rings is 3. The van der Waals surface area contributed by atoms with Gasteiger partial charge in [-0.2, -0.15) is 0 Å². The number of esters is 1. The van der Waals surface area contributed by atoms with Crippen LogP contribution in [0.4, 0.5) is 21.9 Å². The zero-order valence-electron chi connectivity index (χ0n) is 20.4. The van der Waals surface area contributed by atoms with Gasteiger partial charge in [0.15, 0.2) is 0 Å². The van der Waals surface area contributed by atoms with E-state index in [1.54, 1.807) is 37.4 Å². The maximum atomic E-state index is 12.8. The predicted molar refractivity (Wildman–Crippen MR) is 146 cm³/mol. The number of nitrogens with one attached hydrogen (secondary N) is 3. The number of hydrogen-bond donors (Lipinski definition) is 3. The predicted octanol–water partition coefficient (Wildman–Crippen LogP) is 6.10. The molecule has 0 bridgehead atoms. The van der Waals surface area contributed by atoms with Crippen LogP contribution in [0.25, 0.3) is 16.3 Å². The first-order valence-corrected chi connectivity index (χ1v) is 11.7. The normalized spacial score (nSPS) is 11.0. The number of carbonyl (C=O) groups excluding carboxylic acids is 3. The molecule has 37 heavy (non-hydrogen) atoms. The molecule has 0 atom stereocenters. The molecule has 186 valence electrons. The number of urea groups is 1. The Morgan fingerprint density at radius 2 is 1.65 bits per heavy atom. The van der Waals surface area contributed by atoms with E-state index < -0.39 is 17.9 Å². The highest BCUT2D eigenvalue weighted by Crippen LogP contribution is 2.24. The number of rotatable bonds is 7. The minimum Gasteiger partial charge on any atom is -0.462 e. The molecule has 0 spiro atoms. The molecule has 4 rings (SSSR count). The van der Waals surface area contributed by atoms with Crippen molar-refractivity contribution in [2.24, 2.45) is 0 Å². The number of pyridine rings is 1. The van der Waals surface area contributed by atoms with Gasteiger partial charge in [0.2, 0.25) is 5.91 Å². The Labute approximate surface area is 214 Å². The van der Waals surface area contributed by atoms with Gasteiger partial charge in [0.05, 0.1) is 29.7 Å². The van der Waals surface area contributed by atoms with Gasteiger partial charge in [0.25, 0.3) is 0 Å². The van der Waals surface area contributed by atoms with Crippen LogP contribution in [0.3, 0.4) is 0 Å². The van der Waals surface area contributed by atoms with Crippen LogP contribution in [0, 0.1) is 0 Å². The molecule has 0 aliphatic rings. The number of hydrogen-bond acceptors (Lipinski definition) is 5. The molecule has 3 N–H and O–H groups in total. The van der Waals surface area contributed by atoms with Crippen molar-refractivity contribution in [3.8, 4) is 0 Å². The first kappa shape index (κ1) is 25.1. The molecule has 0 saturated carbocycles. The molecule has 1 aromatic heterocycles. The zero-order chi connectivity index (χ0) is 26.2. The lowest BCUT2D eigenvalue weighted by atomic mass is 10.0. The molecular formula is C29H26N4O4. The van der Waals surface area contributed by atoms with Crippen LogP contribution in [0.5, 0.6) is 0 Å². The van der Waals surface area contributed by atoms with Crippen LogP contribution in [-0.4, -0.2) is 29.5 Å². The molecule has 1 heterocycles. The molecule has 4 aromatic rings. The highest BCUT2D eigenvalue weighted by Gasteiger charge is 2.16. The van der Waals surface area contributed by atoms with E-state index in [4.69, 9.17) is 4.74 Å². The van der Waals surface area contributed by atoms with Crippen molar-refractivity contribution in [1.82, 2.24) is 4.98 Å². The lowest BCUT2D eigenvalue weighted by Crippen LogP contribution is -2.20. The van der Waals surface area contributed by atoms with Crippen LogP contribution in [0.2, 0.25) is 0 Å². The summed E-state index contributed by atoms with van der Waals surface area (Å²) in [5, 5.41) is 10.3. The Bertz CT molecular complexity index is 1480. The molecule has 8 nitrogen and oxygen atoms in total. The van der Waals surface area contributed by atoms with Crippen LogP contribution in [0.15, 0.2) is 91.3 Å². The summed E-state index contributed by atoms with van der Waals surface area (Å²) in [7, 11) is 0. The SMILES string of the molecule is CCOC(=O)c1cc(NC(=O)Nc2cccnc2)ccc1NC(=O)/C=C(/C)c1ccc2ccccc2c1. The van der Waals surface area contributed by atoms with Crippen LogP contribution in [0.1, 0.15) is 29.8 Å². The Balaban J connectivity index is 1.51. The summed E-state index contributed by atoms with van der Waals surface area (Å²) in [5.74, 6) is -1.02. The van der Waals surface area contributed by atoms with Gasteiger partial charge in [-0.25, -0.2) is 9.59 Å². The Kier molecular flexibility index (Phi) is 7.90. The van der Waals surface area contributed by atoms with Crippen LogP contribution >= 0.6 is 0 Å². The Morgan fingerprint density at radius 3 is 2.41 bits per heavy atom. The van der Waals surface area contributed by atoms with Crippen molar-refractivity contribution in [1.29, 1.82) is 0 Å². The summed E-state index contributed by atoms with van der Waals surface area (Å²) in [6.45, 7) is 3.70. The smallest absolute Gasteiger partial charge is 0.340 e. The number of nitrogens with zero attached hydrogens (tertiary/aromatic N) is 1. The maximum Gasteiger partial charge on any atom is 0.340 e. The summed E-state index contributed by atoms with van der Waals surface area (Å²) < 4.78 is 5.15. The van der Waals surface area contributed by atoms with Gasteiger partial charge < -0.3 is 20.7 Å². The monoisotopic (exact) mass is 494 g/mol. The number of fused-ring (bicyclic) bond motifs is 1. The van der Waals surface area contributed by atoms with Gasteiger partial charge in [0.1, 0.15) is 0 Å². The molecule has 0 fully saturated rings. The minimum absolute atomic E-state index is 0.117. The van der Waals surface area contributed by atoms with E-state index in [2.05, 4.69) is 20.9 Å². The van der Waals surface area contributed by atoms with E-state index in [0.717, 1.165) is 21.9 Å². The average molecular weight is 495 g/mol. The third-order valence-corrected chi connectivity index (χ3v) is 5.50. The third-order valence-electron chi connectivity index (χ3n) is 5.50. The fourth-order valence-corrected chi connectivity index (χ4v) is 3.72. The minimum atomic E-state index is -0.621. The highest BCUT2D eigenvalue weighted by atomic mass is 16.5. The van der Waals surface area contributed by atoms with Crippen molar-refractivity contribution in [2.45, 2.75) is 13.8 Å². The maximum absolute atomic E-state index is 12.8. The second-order valence-electron chi connectivity index (χ2n) is 8.18. The lowest BCUT2D eigenvalue weighted by Gasteiger charge is -2.13. The molecule has 0 aliphatic heterocycles. The standard InChI is InChI=1S/C29H26N4O4/c1-3-37-28(35)25-17-23(31-29(36)32-24-9-6-14-30-18-24)12-13-26(25)33-27(34)15-19(2)21-11-10-20-7-4-5-8-22(20)16-21/h4-18H,3H2,1-2H3,(H,33,34)(H2,31,32,36)/b19-15-. The number of amides is 3. The van der Waals surface area contributed by atoms with E-state index >= 15 is 0 Å². The lowest BCUT2D eigenvalue weighted by molar-refractivity contribution is -0.111. The number of ether oxygens (including phenoxy) is 1. The van der Waals surface area contributed by atoms with Gasteiger partial charge in [-0.1, -0.05) is 36.4 Å². The van der Waals surface area contributed by atoms with E-state index in [1.165, 1.54) is 18.3 Å². The van der Waals surface area contributed by atoms with Crippen molar-refractivity contribution < 1.29 is 19.1 Å². The molecule has 3 aromatic carbocycles. The van der Waals surface area contributed by atoms with Crippen molar-refractivity contribution in [3.63, 3.8) is 0 Å². The van der Waals surface area contributed by atoms with E-state index in [0.29, 0.717) is 11.4 Å². The number of aromatic nitrogens is 1. The molecule has 3 amide bonds. The van der Waals surface area contributed by atoms with Crippen LogP contribution < -0.4 is 16.0 Å². The average Bonchev–Trinajstić information content (AvgIpc) is 2.89. The quantitative estimate of drug-likeness (QED) is 0.213. The Morgan fingerprint density at radius 1 is 0.865 bits per heavy atom. The summed E-state index contributed by atoms with van der Waals surface area (Å²) in [4.78, 5) is 41.7. The van der Waals surface area contributed by atoms with E-state index in [1.807, 2.05) is 49.4 Å². The fraction of sp³-hybridized carbons (Fsp3) is 0.103. The van der Waals surface area contributed by atoms with Crippen LogP contribution in [-0.2, 0) is 9.53 Å². The number of carbonyl (C=O) groups is 3. The Hall–Kier alpha value is -4.98. The molecule has 0 saturated heterocycles. The summed E-state index contributed by atoms with van der Waals surface area (Å²) >= 11 is 0. The molecule has 0 radical (unpaired) electrons. The topological polar surface area (TPSA) is 109 Å².